The van der Waals surface area contributed by atoms with Gasteiger partial charge < -0.3 is 15.8 Å². The molecule has 3 aliphatic carbocycles. The summed E-state index contributed by atoms with van der Waals surface area (Å²) < 4.78 is 32.4. The molecule has 2 aromatic heterocycles. The lowest BCUT2D eigenvalue weighted by Crippen LogP contribution is -2.41. The minimum atomic E-state index is -2.82. The summed E-state index contributed by atoms with van der Waals surface area (Å²) in [7, 11) is 0. The van der Waals surface area contributed by atoms with Gasteiger partial charge in [0.2, 0.25) is 5.01 Å². The Kier molecular flexibility index (Phi) is 7.68. The van der Waals surface area contributed by atoms with Gasteiger partial charge in [0.1, 0.15) is 11.5 Å². The summed E-state index contributed by atoms with van der Waals surface area (Å²) >= 11 is 0.775. The van der Waals surface area contributed by atoms with Gasteiger partial charge in [0.15, 0.2) is 0 Å². The number of anilines is 1. The van der Waals surface area contributed by atoms with E-state index < -0.39 is 18.3 Å². The van der Waals surface area contributed by atoms with Gasteiger partial charge in [-0.1, -0.05) is 25.7 Å². The van der Waals surface area contributed by atoms with Crippen molar-refractivity contribution in [1.82, 2.24) is 9.97 Å². The van der Waals surface area contributed by atoms with E-state index in [-0.39, 0.29) is 38.9 Å². The lowest BCUT2D eigenvalue weighted by Gasteiger charge is -2.39. The average molecular weight is 507 g/mol. The van der Waals surface area contributed by atoms with Gasteiger partial charge in [0.25, 0.3) is 12.3 Å². The molecule has 3 N–H and O–H groups in total. The van der Waals surface area contributed by atoms with Crippen molar-refractivity contribution in [3.63, 3.8) is 0 Å². The maximum atomic E-state index is 13.8. The summed E-state index contributed by atoms with van der Waals surface area (Å²) in [6.07, 6.45) is 9.20. The lowest BCUT2D eigenvalue weighted by molar-refractivity contribution is 0.0526. The Morgan fingerprint density at radius 3 is 2.37 bits per heavy atom. The zero-order valence-corrected chi connectivity index (χ0v) is 20.9. The molecule has 3 saturated carbocycles. The molecule has 2 heterocycles. The summed E-state index contributed by atoms with van der Waals surface area (Å²) in [5, 5.41) is 3.05. The first-order valence-electron chi connectivity index (χ1n) is 12.2. The van der Waals surface area contributed by atoms with Gasteiger partial charge in [-0.3, -0.25) is 4.79 Å². The summed E-state index contributed by atoms with van der Waals surface area (Å²) in [5.41, 5.74) is 4.61. The number of alkyl halides is 2. The van der Waals surface area contributed by atoms with E-state index in [4.69, 9.17) is 10.5 Å². The van der Waals surface area contributed by atoms with Crippen LogP contribution in [0.15, 0.2) is 12.3 Å². The SMILES string of the molecule is C1CC2CCC1C2.CCOC(=O)c1nc(C(N)=O)c(-c2cnc(NC3(C)CCC3)cc2C(F)F)s1. The minimum absolute atomic E-state index is 0.0150. The minimum Gasteiger partial charge on any atom is -0.461 e. The number of aromatic nitrogens is 2. The number of hydrogen-bond acceptors (Lipinski definition) is 7. The van der Waals surface area contributed by atoms with Crippen molar-refractivity contribution < 1.29 is 23.1 Å². The topological polar surface area (TPSA) is 107 Å². The molecule has 7 nitrogen and oxygen atoms in total. The number of ether oxygens (including phenoxy) is 1. The predicted octanol–water partition coefficient (Wildman–Crippen LogP) is 5.97. The monoisotopic (exact) mass is 506 g/mol. The van der Waals surface area contributed by atoms with Gasteiger partial charge in [0, 0.05) is 22.9 Å². The molecule has 10 heteroatoms. The molecule has 1 amide bonds. The number of rotatable bonds is 7. The number of nitrogens with one attached hydrogen (secondary N) is 1. The van der Waals surface area contributed by atoms with Crippen LogP contribution in [0.25, 0.3) is 10.4 Å². The van der Waals surface area contributed by atoms with Crippen molar-refractivity contribution in [3.05, 3.63) is 28.5 Å². The van der Waals surface area contributed by atoms with Crippen LogP contribution in [0.5, 0.6) is 0 Å². The molecule has 3 fully saturated rings. The van der Waals surface area contributed by atoms with Gasteiger partial charge >= 0.3 is 5.97 Å². The fourth-order valence-electron chi connectivity index (χ4n) is 5.17. The molecule has 0 radical (unpaired) electrons. The normalized spacial score (nSPS) is 21.7. The first-order chi connectivity index (χ1) is 16.7. The Morgan fingerprint density at radius 2 is 1.91 bits per heavy atom. The van der Waals surface area contributed by atoms with Crippen molar-refractivity contribution in [3.8, 4) is 10.4 Å². The molecule has 3 aliphatic rings. The first kappa shape index (κ1) is 25.5. The fraction of sp³-hybridized carbons (Fsp3) is 0.600. The Morgan fingerprint density at radius 1 is 1.26 bits per heavy atom. The third-order valence-electron chi connectivity index (χ3n) is 7.25. The van der Waals surface area contributed by atoms with Gasteiger partial charge in [-0.05, 0) is 57.4 Å². The Hall–Kier alpha value is -2.62. The third-order valence-corrected chi connectivity index (χ3v) is 8.31. The van der Waals surface area contributed by atoms with Crippen LogP contribution in [-0.2, 0) is 4.74 Å². The lowest BCUT2D eigenvalue weighted by atomic mass is 9.78. The average Bonchev–Trinajstić information content (AvgIpc) is 3.56. The number of pyridine rings is 1. The quantitative estimate of drug-likeness (QED) is 0.448. The molecule has 0 atom stereocenters. The van der Waals surface area contributed by atoms with Crippen molar-refractivity contribution in [2.45, 2.75) is 77.2 Å². The van der Waals surface area contributed by atoms with Crippen LogP contribution < -0.4 is 11.1 Å². The number of carbonyl (C=O) groups excluding carboxylic acids is 2. The standard InChI is InChI=1S/C18H20F2N4O3S.C7H12/c1-3-27-17(26)16-23-12(15(21)25)13(28-16)10-8-22-11(7-9(10)14(19)20)24-18(2)5-4-6-18;1-2-7-4-3-6(1)5-7/h7-8,14H,3-6H2,1-2H3,(H2,21,25)(H,22,24);6-7H,1-5H2. The second-order valence-electron chi connectivity index (χ2n) is 9.90. The number of halogens is 2. The van der Waals surface area contributed by atoms with Crippen molar-refractivity contribution >= 4 is 29.0 Å². The summed E-state index contributed by atoms with van der Waals surface area (Å²) in [6.45, 7) is 3.74. The first-order valence-corrected chi connectivity index (χ1v) is 13.0. The van der Waals surface area contributed by atoms with Crippen LogP contribution in [0.3, 0.4) is 0 Å². The molecular weight excluding hydrogens is 474 g/mol. The number of esters is 1. The van der Waals surface area contributed by atoms with E-state index in [1.54, 1.807) is 39.0 Å². The molecule has 2 aromatic rings. The Bertz CT molecular complexity index is 1070. The Labute approximate surface area is 207 Å². The molecule has 0 aliphatic heterocycles. The molecule has 35 heavy (non-hydrogen) atoms. The van der Waals surface area contributed by atoms with Crippen LogP contribution in [-0.4, -0.2) is 34.0 Å². The van der Waals surface area contributed by atoms with E-state index in [0.29, 0.717) is 5.82 Å². The zero-order valence-electron chi connectivity index (χ0n) is 20.1. The highest BCUT2D eigenvalue weighted by molar-refractivity contribution is 7.17. The van der Waals surface area contributed by atoms with E-state index in [1.165, 1.54) is 24.1 Å². The molecule has 2 bridgehead atoms. The molecule has 0 unspecified atom stereocenters. The second kappa shape index (κ2) is 10.6. The number of carbonyl (C=O) groups is 2. The van der Waals surface area contributed by atoms with Crippen LogP contribution in [0, 0.1) is 11.8 Å². The highest BCUT2D eigenvalue weighted by Crippen LogP contribution is 2.44. The van der Waals surface area contributed by atoms with Crippen LogP contribution in [0.2, 0.25) is 0 Å². The zero-order chi connectivity index (χ0) is 25.2. The smallest absolute Gasteiger partial charge is 0.367 e. The van der Waals surface area contributed by atoms with Crippen LogP contribution in [0.1, 0.15) is 97.5 Å². The van der Waals surface area contributed by atoms with E-state index in [2.05, 4.69) is 15.3 Å². The number of nitrogens with zero attached hydrogens (tertiary/aromatic N) is 2. The summed E-state index contributed by atoms with van der Waals surface area (Å²) in [4.78, 5) is 31.9. The number of primary amides is 1. The van der Waals surface area contributed by atoms with E-state index in [1.807, 2.05) is 6.92 Å². The summed E-state index contributed by atoms with van der Waals surface area (Å²) in [6, 6.07) is 1.26. The van der Waals surface area contributed by atoms with Gasteiger partial charge in [-0.15, -0.1) is 11.3 Å². The highest BCUT2D eigenvalue weighted by atomic mass is 32.1. The predicted molar refractivity (Wildman–Crippen MR) is 131 cm³/mol. The van der Waals surface area contributed by atoms with Crippen molar-refractivity contribution in [2.75, 3.05) is 11.9 Å². The van der Waals surface area contributed by atoms with Gasteiger partial charge in [-0.25, -0.2) is 23.5 Å². The van der Waals surface area contributed by atoms with Gasteiger partial charge in [-0.2, -0.15) is 0 Å². The fourth-order valence-corrected chi connectivity index (χ4v) is 6.17. The largest absolute Gasteiger partial charge is 0.461 e. The van der Waals surface area contributed by atoms with Crippen molar-refractivity contribution in [2.24, 2.45) is 17.6 Å². The number of nitrogens with two attached hydrogens (primary N) is 1. The van der Waals surface area contributed by atoms with Crippen molar-refractivity contribution in [1.29, 1.82) is 0 Å². The van der Waals surface area contributed by atoms with E-state index in [9.17, 15) is 18.4 Å². The molecule has 190 valence electrons. The molecule has 0 aromatic carbocycles. The van der Waals surface area contributed by atoms with E-state index >= 15 is 0 Å². The molecule has 0 saturated heterocycles. The maximum Gasteiger partial charge on any atom is 0.367 e. The Balaban J connectivity index is 0.000000347. The number of hydrogen-bond donors (Lipinski definition) is 2. The summed E-state index contributed by atoms with van der Waals surface area (Å²) in [5.74, 6) is 1.00. The maximum absolute atomic E-state index is 13.8. The number of fused-ring (bicyclic) bond motifs is 2. The number of thiazole rings is 1. The molecule has 5 rings (SSSR count). The number of amides is 1. The highest BCUT2D eigenvalue weighted by Gasteiger charge is 2.33. The third kappa shape index (κ3) is 5.79. The van der Waals surface area contributed by atoms with Gasteiger partial charge in [0.05, 0.1) is 11.5 Å². The molecular formula is C25H32F2N4O3S. The van der Waals surface area contributed by atoms with E-state index in [0.717, 1.165) is 30.6 Å². The molecule has 0 spiro atoms. The van der Waals surface area contributed by atoms with Crippen LogP contribution in [0.4, 0.5) is 14.6 Å². The van der Waals surface area contributed by atoms with Crippen LogP contribution >= 0.6 is 11.3 Å². The second-order valence-corrected chi connectivity index (χ2v) is 10.9.